The Morgan fingerprint density at radius 3 is 2.42 bits per heavy atom. The SMILES string of the molecule is COc1cc(C(=O)N[C@H]2CCCN(c3cc(-c4ccc(F)cc4)[nH]n3)C2)cc(OC)c1OC. The first-order valence-electron chi connectivity index (χ1n) is 10.7. The zero-order chi connectivity index (χ0) is 23.4. The number of H-pyrrole nitrogens is 1. The Bertz CT molecular complexity index is 1090. The number of rotatable bonds is 7. The molecule has 1 saturated heterocycles. The first-order chi connectivity index (χ1) is 16.0. The van der Waals surface area contributed by atoms with Crippen molar-refractivity contribution in [1.82, 2.24) is 15.5 Å². The minimum absolute atomic E-state index is 0.0451. The number of amides is 1. The molecule has 1 atom stereocenters. The lowest BCUT2D eigenvalue weighted by molar-refractivity contribution is 0.0932. The quantitative estimate of drug-likeness (QED) is 0.567. The molecule has 33 heavy (non-hydrogen) atoms. The monoisotopic (exact) mass is 454 g/mol. The van der Waals surface area contributed by atoms with E-state index in [0.717, 1.165) is 36.5 Å². The third-order valence-corrected chi connectivity index (χ3v) is 5.73. The van der Waals surface area contributed by atoms with Gasteiger partial charge in [0.05, 0.1) is 27.0 Å². The van der Waals surface area contributed by atoms with Crippen LogP contribution in [0.3, 0.4) is 0 Å². The first-order valence-corrected chi connectivity index (χ1v) is 10.7. The van der Waals surface area contributed by atoms with Crippen LogP contribution in [0.25, 0.3) is 11.3 Å². The lowest BCUT2D eigenvalue weighted by Gasteiger charge is -2.33. The highest BCUT2D eigenvalue weighted by Gasteiger charge is 2.25. The van der Waals surface area contributed by atoms with Gasteiger partial charge in [-0.2, -0.15) is 5.10 Å². The smallest absolute Gasteiger partial charge is 0.251 e. The van der Waals surface area contributed by atoms with Gasteiger partial charge in [0.1, 0.15) is 5.82 Å². The summed E-state index contributed by atoms with van der Waals surface area (Å²) in [6, 6.07) is 11.4. The molecule has 1 aliphatic heterocycles. The van der Waals surface area contributed by atoms with E-state index >= 15 is 0 Å². The summed E-state index contributed by atoms with van der Waals surface area (Å²) >= 11 is 0. The normalized spacial score (nSPS) is 15.8. The van der Waals surface area contributed by atoms with Crippen molar-refractivity contribution >= 4 is 11.7 Å². The molecule has 0 aliphatic carbocycles. The van der Waals surface area contributed by atoms with Crippen LogP contribution in [0.15, 0.2) is 42.5 Å². The van der Waals surface area contributed by atoms with E-state index in [9.17, 15) is 9.18 Å². The van der Waals surface area contributed by atoms with Gasteiger partial charge >= 0.3 is 0 Å². The van der Waals surface area contributed by atoms with E-state index < -0.39 is 0 Å². The maximum Gasteiger partial charge on any atom is 0.251 e. The van der Waals surface area contributed by atoms with E-state index in [0.29, 0.717) is 29.4 Å². The van der Waals surface area contributed by atoms with Crippen LogP contribution in [0.4, 0.5) is 10.2 Å². The molecule has 8 nitrogen and oxygen atoms in total. The second-order valence-corrected chi connectivity index (χ2v) is 7.82. The molecule has 0 bridgehead atoms. The summed E-state index contributed by atoms with van der Waals surface area (Å²) in [6.07, 6.45) is 1.78. The van der Waals surface area contributed by atoms with Crippen LogP contribution < -0.4 is 24.4 Å². The van der Waals surface area contributed by atoms with Gasteiger partial charge in [0, 0.05) is 30.8 Å². The average Bonchev–Trinajstić information content (AvgIpc) is 3.34. The maximum atomic E-state index is 13.2. The summed E-state index contributed by atoms with van der Waals surface area (Å²) in [5, 5.41) is 10.5. The standard InChI is InChI=1S/C24H27FN4O4/c1-31-20-11-16(12-21(32-2)23(20)33-3)24(30)26-18-5-4-10-29(14-18)22-13-19(27-28-22)15-6-8-17(25)9-7-15/h6-9,11-13,18H,4-5,10,14H2,1-3H3,(H,26,30)(H,27,28)/t18-/m0/s1. The Kier molecular flexibility index (Phi) is 6.67. The van der Waals surface area contributed by atoms with Crippen molar-refractivity contribution in [3.8, 4) is 28.5 Å². The van der Waals surface area contributed by atoms with Crippen LogP contribution in [-0.2, 0) is 0 Å². The molecule has 174 valence electrons. The van der Waals surface area contributed by atoms with E-state index in [1.54, 1.807) is 24.3 Å². The zero-order valence-corrected chi connectivity index (χ0v) is 18.9. The largest absolute Gasteiger partial charge is 0.493 e. The van der Waals surface area contributed by atoms with E-state index in [1.807, 2.05) is 6.07 Å². The lowest BCUT2D eigenvalue weighted by atomic mass is 10.0. The highest BCUT2D eigenvalue weighted by molar-refractivity contribution is 5.96. The Labute approximate surface area is 191 Å². The number of anilines is 1. The number of ether oxygens (including phenoxy) is 3. The zero-order valence-electron chi connectivity index (χ0n) is 18.9. The van der Waals surface area contributed by atoms with Crippen LogP contribution in [0.1, 0.15) is 23.2 Å². The molecule has 1 fully saturated rings. The highest BCUT2D eigenvalue weighted by atomic mass is 19.1. The van der Waals surface area contributed by atoms with E-state index in [2.05, 4.69) is 20.4 Å². The summed E-state index contributed by atoms with van der Waals surface area (Å²) in [6.45, 7) is 1.47. The lowest BCUT2D eigenvalue weighted by Crippen LogP contribution is -2.48. The van der Waals surface area contributed by atoms with Crippen LogP contribution in [-0.4, -0.2) is 56.6 Å². The van der Waals surface area contributed by atoms with Crippen molar-refractivity contribution in [3.63, 3.8) is 0 Å². The number of carbonyl (C=O) groups is 1. The van der Waals surface area contributed by atoms with Crippen LogP contribution in [0, 0.1) is 5.82 Å². The molecule has 0 unspecified atom stereocenters. The van der Waals surface area contributed by atoms with Gasteiger partial charge in [-0.3, -0.25) is 9.89 Å². The number of hydrogen-bond donors (Lipinski definition) is 2. The molecular formula is C24H27FN4O4. The molecular weight excluding hydrogens is 427 g/mol. The summed E-state index contributed by atoms with van der Waals surface area (Å²) in [4.78, 5) is 15.1. The van der Waals surface area contributed by atoms with Crippen molar-refractivity contribution < 1.29 is 23.4 Å². The number of nitrogens with zero attached hydrogens (tertiary/aromatic N) is 2. The van der Waals surface area contributed by atoms with Crippen LogP contribution in [0.2, 0.25) is 0 Å². The summed E-state index contributed by atoms with van der Waals surface area (Å²) in [5.74, 6) is 1.60. The number of hydrogen-bond acceptors (Lipinski definition) is 6. The summed E-state index contributed by atoms with van der Waals surface area (Å²) in [5.41, 5.74) is 2.10. The van der Waals surface area contributed by atoms with E-state index in [4.69, 9.17) is 14.2 Å². The molecule has 0 spiro atoms. The number of aromatic nitrogens is 2. The predicted molar refractivity (Wildman–Crippen MR) is 123 cm³/mol. The first kappa shape index (κ1) is 22.4. The van der Waals surface area contributed by atoms with E-state index in [-0.39, 0.29) is 17.8 Å². The highest BCUT2D eigenvalue weighted by Crippen LogP contribution is 2.38. The van der Waals surface area contributed by atoms with Gasteiger partial charge < -0.3 is 24.4 Å². The van der Waals surface area contributed by atoms with Crippen molar-refractivity contribution in [2.45, 2.75) is 18.9 Å². The Hall–Kier alpha value is -3.75. The van der Waals surface area contributed by atoms with Gasteiger partial charge in [-0.1, -0.05) is 0 Å². The number of methoxy groups -OCH3 is 3. The number of nitrogens with one attached hydrogen (secondary N) is 2. The molecule has 1 aliphatic rings. The van der Waals surface area contributed by atoms with Crippen LogP contribution in [0.5, 0.6) is 17.2 Å². The molecule has 4 rings (SSSR count). The Balaban J connectivity index is 1.45. The van der Waals surface area contributed by atoms with Crippen molar-refractivity contribution in [2.24, 2.45) is 0 Å². The van der Waals surface area contributed by atoms with Crippen molar-refractivity contribution in [3.05, 3.63) is 53.8 Å². The fourth-order valence-electron chi connectivity index (χ4n) is 4.03. The molecule has 9 heteroatoms. The number of carbonyl (C=O) groups excluding carboxylic acids is 1. The third-order valence-electron chi connectivity index (χ3n) is 5.73. The Morgan fingerprint density at radius 1 is 1.09 bits per heavy atom. The minimum Gasteiger partial charge on any atom is -0.493 e. The van der Waals surface area contributed by atoms with Gasteiger partial charge in [-0.25, -0.2) is 4.39 Å². The van der Waals surface area contributed by atoms with E-state index in [1.165, 1.54) is 33.5 Å². The number of aromatic amines is 1. The Morgan fingerprint density at radius 2 is 1.79 bits per heavy atom. The summed E-state index contributed by atoms with van der Waals surface area (Å²) in [7, 11) is 4.55. The van der Waals surface area contributed by atoms with Crippen LogP contribution >= 0.6 is 0 Å². The van der Waals surface area contributed by atoms with Gasteiger partial charge in [0.25, 0.3) is 5.91 Å². The number of halogens is 1. The van der Waals surface area contributed by atoms with Gasteiger partial charge in [-0.15, -0.1) is 0 Å². The van der Waals surface area contributed by atoms with Gasteiger partial charge in [0.15, 0.2) is 17.3 Å². The molecule has 2 N–H and O–H groups in total. The second kappa shape index (κ2) is 9.81. The minimum atomic E-state index is -0.278. The molecule has 3 aromatic rings. The number of piperidine rings is 1. The molecule has 1 amide bonds. The summed E-state index contributed by atoms with van der Waals surface area (Å²) < 4.78 is 29.2. The maximum absolute atomic E-state index is 13.2. The van der Waals surface area contributed by atoms with Gasteiger partial charge in [-0.05, 0) is 54.8 Å². The number of benzene rings is 2. The van der Waals surface area contributed by atoms with Gasteiger partial charge in [0.2, 0.25) is 5.75 Å². The average molecular weight is 455 g/mol. The fraction of sp³-hybridized carbons (Fsp3) is 0.333. The van der Waals surface area contributed by atoms with Crippen molar-refractivity contribution in [2.75, 3.05) is 39.3 Å². The third kappa shape index (κ3) is 4.87. The fourth-order valence-corrected chi connectivity index (χ4v) is 4.03. The topological polar surface area (TPSA) is 88.7 Å². The molecule has 0 radical (unpaired) electrons. The molecule has 0 saturated carbocycles. The second-order valence-electron chi connectivity index (χ2n) is 7.82. The molecule has 2 aromatic carbocycles. The van der Waals surface area contributed by atoms with Crippen molar-refractivity contribution in [1.29, 1.82) is 0 Å². The molecule has 1 aromatic heterocycles. The molecule has 2 heterocycles. The predicted octanol–water partition coefficient (Wildman–Crippen LogP) is 3.64.